The summed E-state index contributed by atoms with van der Waals surface area (Å²) >= 11 is 0. The molecule has 570 valence electrons. The van der Waals surface area contributed by atoms with Crippen LogP contribution in [0, 0.1) is 23.7 Å². The topological polar surface area (TPSA) is 237 Å². The molecule has 0 saturated heterocycles. The maximum Gasteiger partial charge on any atom is 0.472 e. The highest BCUT2D eigenvalue weighted by molar-refractivity contribution is 7.47. The van der Waals surface area contributed by atoms with E-state index in [1.165, 1.54) is 186 Å². The molecule has 0 saturated carbocycles. The third kappa shape index (κ3) is 66.6. The van der Waals surface area contributed by atoms with Gasteiger partial charge in [-0.1, -0.05) is 338 Å². The van der Waals surface area contributed by atoms with Gasteiger partial charge in [-0.2, -0.15) is 0 Å². The number of esters is 4. The number of unbranched alkanes of at least 4 members (excludes halogenated alkanes) is 37. The molecule has 0 aliphatic rings. The fourth-order valence-corrected chi connectivity index (χ4v) is 13.2. The van der Waals surface area contributed by atoms with E-state index in [1.54, 1.807) is 0 Å². The molecule has 0 spiro atoms. The number of carbonyl (C=O) groups excluding carboxylic acids is 4. The zero-order valence-corrected chi connectivity index (χ0v) is 64.8. The minimum absolute atomic E-state index is 0.103. The van der Waals surface area contributed by atoms with Crippen molar-refractivity contribution in [2.75, 3.05) is 39.6 Å². The van der Waals surface area contributed by atoms with Gasteiger partial charge in [-0.05, 0) is 49.4 Å². The van der Waals surface area contributed by atoms with Crippen molar-refractivity contribution < 1.29 is 80.2 Å². The van der Waals surface area contributed by atoms with Crippen LogP contribution < -0.4 is 0 Å². The lowest BCUT2D eigenvalue weighted by Crippen LogP contribution is -2.30. The molecule has 3 N–H and O–H groups in total. The van der Waals surface area contributed by atoms with Crippen LogP contribution in [0.25, 0.3) is 0 Å². The molecule has 5 unspecified atom stereocenters. The fourth-order valence-electron chi connectivity index (χ4n) is 11.6. The zero-order valence-electron chi connectivity index (χ0n) is 63.0. The van der Waals surface area contributed by atoms with Crippen LogP contribution in [0.5, 0.6) is 0 Å². The van der Waals surface area contributed by atoms with Gasteiger partial charge in [0, 0.05) is 25.7 Å². The Morgan fingerprint density at radius 1 is 0.292 bits per heavy atom. The van der Waals surface area contributed by atoms with Crippen molar-refractivity contribution >= 4 is 39.5 Å². The number of phosphoric ester groups is 2. The Kier molecular flexibility index (Phi) is 65.0. The Labute approximate surface area is 588 Å². The first-order valence-corrected chi connectivity index (χ1v) is 42.8. The number of hydrogen-bond donors (Lipinski definition) is 3. The van der Waals surface area contributed by atoms with E-state index >= 15 is 0 Å². The second kappa shape index (κ2) is 66.3. The van der Waals surface area contributed by atoms with Crippen LogP contribution in [0.1, 0.15) is 389 Å². The molecule has 17 nitrogen and oxygen atoms in total. The van der Waals surface area contributed by atoms with Crippen molar-refractivity contribution in [3.8, 4) is 0 Å². The maximum atomic E-state index is 13.1. The first-order valence-electron chi connectivity index (χ1n) is 39.8. The predicted octanol–water partition coefficient (Wildman–Crippen LogP) is 22.4. The summed E-state index contributed by atoms with van der Waals surface area (Å²) in [4.78, 5) is 72.8. The number of phosphoric acid groups is 2. The van der Waals surface area contributed by atoms with Gasteiger partial charge in [-0.25, -0.2) is 9.13 Å². The largest absolute Gasteiger partial charge is 0.472 e. The molecule has 0 heterocycles. The van der Waals surface area contributed by atoms with Gasteiger partial charge in [-0.3, -0.25) is 37.3 Å². The minimum Gasteiger partial charge on any atom is -0.462 e. The summed E-state index contributed by atoms with van der Waals surface area (Å²) in [7, 11) is -9.91. The average molecular weight is 1410 g/mol. The lowest BCUT2D eigenvalue weighted by molar-refractivity contribution is -0.161. The molecule has 0 aliphatic heterocycles. The highest BCUT2D eigenvalue weighted by atomic mass is 31.2. The molecular formula is C77H150O17P2. The number of ether oxygens (including phenoxy) is 4. The molecule has 8 atom stereocenters. The molecule has 0 fully saturated rings. The van der Waals surface area contributed by atoms with E-state index in [4.69, 9.17) is 37.0 Å². The summed E-state index contributed by atoms with van der Waals surface area (Å²) in [6.07, 6.45) is 51.4. The van der Waals surface area contributed by atoms with Crippen molar-refractivity contribution in [2.24, 2.45) is 23.7 Å². The van der Waals surface area contributed by atoms with Gasteiger partial charge < -0.3 is 33.8 Å². The third-order valence-corrected chi connectivity index (χ3v) is 20.8. The van der Waals surface area contributed by atoms with Crippen molar-refractivity contribution in [1.82, 2.24) is 0 Å². The fraction of sp³-hybridized carbons (Fsp3) is 0.948. The summed E-state index contributed by atoms with van der Waals surface area (Å²) in [5.74, 6) is 0.979. The lowest BCUT2D eigenvalue weighted by Gasteiger charge is -2.21. The van der Waals surface area contributed by atoms with Gasteiger partial charge >= 0.3 is 39.5 Å². The van der Waals surface area contributed by atoms with Crippen molar-refractivity contribution in [2.45, 2.75) is 408 Å². The van der Waals surface area contributed by atoms with Crippen LogP contribution in [-0.2, 0) is 65.4 Å². The average Bonchev–Trinajstić information content (AvgIpc) is 1.11. The van der Waals surface area contributed by atoms with E-state index in [2.05, 4.69) is 55.4 Å². The van der Waals surface area contributed by atoms with Gasteiger partial charge in [0.2, 0.25) is 0 Å². The highest BCUT2D eigenvalue weighted by Gasteiger charge is 2.30. The monoisotopic (exact) mass is 1410 g/mol. The molecule has 0 bridgehead atoms. The number of aliphatic hydroxyl groups excluding tert-OH is 1. The minimum atomic E-state index is -4.96. The molecule has 0 amide bonds. The van der Waals surface area contributed by atoms with E-state index in [-0.39, 0.29) is 25.7 Å². The summed E-state index contributed by atoms with van der Waals surface area (Å²) < 4.78 is 68.5. The standard InChI is InChI=1S/C77H150O17P2/c1-9-68(6)54-46-38-30-26-22-18-15-16-20-24-28-32-43-51-59-76(81)93-72(64-88-75(80)58-50-42-35-33-39-47-55-69(7)10-2)65-91-95(83,84)89-61-71(78)62-90-96(85,86)92-66-73(94-77(82)60-52-44-36-34-40-48-56-70(8)11-3)63-87-74(79)57-49-41-31-27-23-19-14-12-13-17-21-25-29-37-45-53-67(4)5/h67-73,78H,9-66H2,1-8H3,(H,83,84)(H,85,86)/t68?,69?,70?,71-,72+,73+/m0/s1. The van der Waals surface area contributed by atoms with Gasteiger partial charge in [0.25, 0.3) is 0 Å². The molecule has 0 rings (SSSR count). The maximum absolute atomic E-state index is 13.1. The Hall–Kier alpha value is -1.94. The molecule has 0 radical (unpaired) electrons. The van der Waals surface area contributed by atoms with Gasteiger partial charge in [-0.15, -0.1) is 0 Å². The quantitative estimate of drug-likeness (QED) is 0.0222. The van der Waals surface area contributed by atoms with Crippen LogP contribution in [0.2, 0.25) is 0 Å². The Balaban J connectivity index is 5.19. The summed E-state index contributed by atoms with van der Waals surface area (Å²) in [5.41, 5.74) is 0. The van der Waals surface area contributed by atoms with Crippen LogP contribution >= 0.6 is 15.6 Å². The van der Waals surface area contributed by atoms with Crippen LogP contribution in [0.4, 0.5) is 0 Å². The van der Waals surface area contributed by atoms with Gasteiger partial charge in [0.1, 0.15) is 19.3 Å². The molecule has 0 aromatic carbocycles. The van der Waals surface area contributed by atoms with Crippen LogP contribution in [0.15, 0.2) is 0 Å². The van der Waals surface area contributed by atoms with Gasteiger partial charge in [0.15, 0.2) is 12.2 Å². The predicted molar refractivity (Wildman–Crippen MR) is 391 cm³/mol. The number of aliphatic hydroxyl groups is 1. The summed E-state index contributed by atoms with van der Waals surface area (Å²) in [6, 6.07) is 0. The molecule has 0 aromatic heterocycles. The van der Waals surface area contributed by atoms with Crippen LogP contribution in [0.3, 0.4) is 0 Å². The number of hydrogen-bond acceptors (Lipinski definition) is 15. The molecule has 96 heavy (non-hydrogen) atoms. The molecule has 0 aromatic rings. The van der Waals surface area contributed by atoms with E-state index < -0.39 is 97.5 Å². The number of carbonyl (C=O) groups is 4. The van der Waals surface area contributed by atoms with Crippen LogP contribution in [-0.4, -0.2) is 96.7 Å². The van der Waals surface area contributed by atoms with E-state index in [1.807, 2.05) is 0 Å². The second-order valence-corrected chi connectivity index (χ2v) is 31.9. The molecule has 19 heteroatoms. The van der Waals surface area contributed by atoms with Crippen molar-refractivity contribution in [1.29, 1.82) is 0 Å². The van der Waals surface area contributed by atoms with Gasteiger partial charge in [0.05, 0.1) is 26.4 Å². The first-order chi connectivity index (χ1) is 46.2. The summed E-state index contributed by atoms with van der Waals surface area (Å²) in [6.45, 7) is 14.2. The normalized spacial score (nSPS) is 15.0. The SMILES string of the molecule is CCC(C)CCCCCCCCCCCCCCCCC(=O)O[C@H](COC(=O)CCCCCCCCC(C)CC)COP(=O)(O)OC[C@H](O)COP(=O)(O)OC[C@@H](COC(=O)CCCCCCCCCCCCCCCCCC(C)C)OC(=O)CCCCCCCCC(C)CC. The third-order valence-electron chi connectivity index (χ3n) is 18.9. The van der Waals surface area contributed by atoms with E-state index in [9.17, 15) is 43.2 Å². The second-order valence-electron chi connectivity index (χ2n) is 28.9. The Morgan fingerprint density at radius 3 is 0.740 bits per heavy atom. The highest BCUT2D eigenvalue weighted by Crippen LogP contribution is 2.45. The number of rotatable bonds is 74. The molecule has 0 aliphatic carbocycles. The molecular weight excluding hydrogens is 1260 g/mol. The van der Waals surface area contributed by atoms with Crippen molar-refractivity contribution in [3.63, 3.8) is 0 Å². The smallest absolute Gasteiger partial charge is 0.462 e. The lowest BCUT2D eigenvalue weighted by atomic mass is 9.99. The Morgan fingerprint density at radius 2 is 0.500 bits per heavy atom. The van der Waals surface area contributed by atoms with E-state index in [0.717, 1.165) is 120 Å². The zero-order chi connectivity index (χ0) is 71.0. The first kappa shape index (κ1) is 94.1. The van der Waals surface area contributed by atoms with Crippen molar-refractivity contribution in [3.05, 3.63) is 0 Å². The summed E-state index contributed by atoms with van der Waals surface area (Å²) in [5, 5.41) is 10.6. The van der Waals surface area contributed by atoms with E-state index in [0.29, 0.717) is 25.7 Å². The Bertz CT molecular complexity index is 1890.